The van der Waals surface area contributed by atoms with Gasteiger partial charge in [-0.25, -0.2) is 4.39 Å². The van der Waals surface area contributed by atoms with E-state index < -0.39 is 5.67 Å². The zero-order chi connectivity index (χ0) is 12.2. The van der Waals surface area contributed by atoms with Crippen molar-refractivity contribution in [3.8, 4) is 0 Å². The summed E-state index contributed by atoms with van der Waals surface area (Å²) < 4.78 is 18.9. The van der Waals surface area contributed by atoms with Gasteiger partial charge in [-0.3, -0.25) is 0 Å². The summed E-state index contributed by atoms with van der Waals surface area (Å²) in [5.74, 6) is 4.85. The molecule has 0 heterocycles. The number of ether oxygens (including phenoxy) is 1. The van der Waals surface area contributed by atoms with Gasteiger partial charge >= 0.3 is 0 Å². The number of hydrogen-bond donors (Lipinski definition) is 2. The Morgan fingerprint density at radius 2 is 2.50 bits per heavy atom. The first kappa shape index (κ1) is 12.9. The standard InChI is InChI=1S/C10H16FN3OS/c1-3-4-10(11)5-8(10)6-15-7(2)16-9(12)14-13/h3-4,8H,2,5-6,13H2,1H3,(H2,12,14)/b4-3+. The lowest BCUT2D eigenvalue weighted by atomic mass is 10.2. The minimum absolute atomic E-state index is 0.0999. The maximum atomic E-state index is 13.7. The normalized spacial score (nSPS) is 29.4. The van der Waals surface area contributed by atoms with Gasteiger partial charge in [-0.1, -0.05) is 12.2 Å². The monoisotopic (exact) mass is 245 g/mol. The van der Waals surface area contributed by atoms with Crippen LogP contribution in [0.3, 0.4) is 0 Å². The molecule has 0 aromatic heterocycles. The van der Waals surface area contributed by atoms with Crippen LogP contribution in [0, 0.1) is 5.92 Å². The second-order valence-electron chi connectivity index (χ2n) is 3.58. The maximum absolute atomic E-state index is 13.7. The van der Waals surface area contributed by atoms with Crippen LogP contribution < -0.4 is 11.6 Å². The van der Waals surface area contributed by atoms with Crippen molar-refractivity contribution in [2.75, 3.05) is 6.61 Å². The van der Waals surface area contributed by atoms with Gasteiger partial charge in [0, 0.05) is 5.92 Å². The van der Waals surface area contributed by atoms with Crippen molar-refractivity contribution >= 4 is 16.9 Å². The number of nitrogens with zero attached hydrogens (tertiary/aromatic N) is 1. The highest BCUT2D eigenvalue weighted by atomic mass is 32.2. The first-order valence-corrected chi connectivity index (χ1v) is 5.69. The molecule has 2 unspecified atom stereocenters. The Kier molecular flexibility index (Phi) is 4.23. The Balaban J connectivity index is 2.25. The maximum Gasteiger partial charge on any atom is 0.185 e. The van der Waals surface area contributed by atoms with Crippen LogP contribution in [-0.4, -0.2) is 17.4 Å². The summed E-state index contributed by atoms with van der Waals surface area (Å²) in [6.07, 6.45) is 3.77. The van der Waals surface area contributed by atoms with Crippen molar-refractivity contribution in [1.29, 1.82) is 0 Å². The van der Waals surface area contributed by atoms with Gasteiger partial charge in [0.25, 0.3) is 0 Å². The number of amidine groups is 1. The van der Waals surface area contributed by atoms with E-state index in [1.807, 2.05) is 0 Å². The molecule has 2 atom stereocenters. The average Bonchev–Trinajstić information content (AvgIpc) is 2.86. The topological polar surface area (TPSA) is 73.6 Å². The van der Waals surface area contributed by atoms with Crippen LogP contribution in [-0.2, 0) is 4.74 Å². The Morgan fingerprint density at radius 1 is 1.81 bits per heavy atom. The van der Waals surface area contributed by atoms with Crippen LogP contribution in [0.5, 0.6) is 0 Å². The number of allylic oxidation sites excluding steroid dienone is 2. The number of halogens is 1. The molecule has 0 aromatic carbocycles. The number of rotatable bonds is 5. The van der Waals surface area contributed by atoms with E-state index in [2.05, 4.69) is 11.7 Å². The highest BCUT2D eigenvalue weighted by Crippen LogP contribution is 2.48. The number of alkyl halides is 1. The fourth-order valence-electron chi connectivity index (χ4n) is 1.36. The summed E-state index contributed by atoms with van der Waals surface area (Å²) in [5.41, 5.74) is 4.16. The van der Waals surface area contributed by atoms with Gasteiger partial charge in [0.15, 0.2) is 10.3 Å². The van der Waals surface area contributed by atoms with Crippen LogP contribution >= 0.6 is 11.8 Å². The van der Waals surface area contributed by atoms with Crippen molar-refractivity contribution in [3.63, 3.8) is 0 Å². The summed E-state index contributed by atoms with van der Waals surface area (Å²) in [6, 6.07) is 0. The van der Waals surface area contributed by atoms with Crippen LogP contribution in [0.25, 0.3) is 0 Å². The number of hydrogen-bond acceptors (Lipinski definition) is 4. The van der Waals surface area contributed by atoms with Crippen molar-refractivity contribution in [3.05, 3.63) is 23.8 Å². The molecule has 6 heteroatoms. The van der Waals surface area contributed by atoms with Crippen LogP contribution in [0.15, 0.2) is 28.9 Å². The second kappa shape index (κ2) is 5.25. The molecule has 4 nitrogen and oxygen atoms in total. The minimum atomic E-state index is -1.20. The molecule has 16 heavy (non-hydrogen) atoms. The van der Waals surface area contributed by atoms with Gasteiger partial charge < -0.3 is 16.3 Å². The molecule has 0 bridgehead atoms. The van der Waals surface area contributed by atoms with E-state index in [1.165, 1.54) is 0 Å². The zero-order valence-corrected chi connectivity index (χ0v) is 9.97. The molecule has 0 spiro atoms. The highest BCUT2D eigenvalue weighted by molar-refractivity contribution is 8.16. The second-order valence-corrected chi connectivity index (χ2v) is 4.66. The van der Waals surface area contributed by atoms with E-state index >= 15 is 0 Å². The number of thioether (sulfide) groups is 1. The Hall–Kier alpha value is -1.17. The molecular formula is C10H16FN3OS. The lowest BCUT2D eigenvalue weighted by Gasteiger charge is -2.07. The Bertz CT molecular complexity index is 332. The highest BCUT2D eigenvalue weighted by Gasteiger charge is 2.53. The summed E-state index contributed by atoms with van der Waals surface area (Å²) in [7, 11) is 0. The largest absolute Gasteiger partial charge is 0.487 e. The average molecular weight is 245 g/mol. The quantitative estimate of drug-likeness (QED) is 0.193. The van der Waals surface area contributed by atoms with Crippen LogP contribution in [0.1, 0.15) is 13.3 Å². The van der Waals surface area contributed by atoms with Crippen LogP contribution in [0.2, 0.25) is 0 Å². The van der Waals surface area contributed by atoms with E-state index in [1.54, 1.807) is 19.1 Å². The van der Waals surface area contributed by atoms with Gasteiger partial charge in [0.05, 0.1) is 6.61 Å². The third-order valence-electron chi connectivity index (χ3n) is 2.31. The van der Waals surface area contributed by atoms with E-state index in [0.29, 0.717) is 18.1 Å². The third kappa shape index (κ3) is 3.44. The van der Waals surface area contributed by atoms with Crippen molar-refractivity contribution < 1.29 is 9.13 Å². The van der Waals surface area contributed by atoms with Crippen molar-refractivity contribution in [1.82, 2.24) is 0 Å². The van der Waals surface area contributed by atoms with Crippen molar-refractivity contribution in [2.24, 2.45) is 22.6 Å². The molecule has 0 aromatic rings. The molecule has 0 aliphatic heterocycles. The fraction of sp³-hybridized carbons (Fsp3) is 0.500. The summed E-state index contributed by atoms with van der Waals surface area (Å²) in [5, 5.41) is 3.80. The number of nitrogens with two attached hydrogens (primary N) is 2. The summed E-state index contributed by atoms with van der Waals surface area (Å²) in [6.45, 7) is 5.71. The Morgan fingerprint density at radius 3 is 3.06 bits per heavy atom. The van der Waals surface area contributed by atoms with E-state index in [9.17, 15) is 4.39 Å². The van der Waals surface area contributed by atoms with Crippen molar-refractivity contribution in [2.45, 2.75) is 19.0 Å². The van der Waals surface area contributed by atoms with Crippen LogP contribution in [0.4, 0.5) is 4.39 Å². The van der Waals surface area contributed by atoms with Gasteiger partial charge in [-0.05, 0) is 31.7 Å². The fourth-order valence-corrected chi connectivity index (χ4v) is 1.78. The molecular weight excluding hydrogens is 229 g/mol. The molecule has 90 valence electrons. The lowest BCUT2D eigenvalue weighted by molar-refractivity contribution is 0.200. The summed E-state index contributed by atoms with van der Waals surface area (Å²) in [4.78, 5) is 0. The zero-order valence-electron chi connectivity index (χ0n) is 9.15. The van der Waals surface area contributed by atoms with Gasteiger partial charge in [0.1, 0.15) is 5.67 Å². The molecule has 1 aliphatic rings. The SMILES string of the molecule is C=C(OCC1CC1(F)/C=C/C)S/C(N)=N\N. The Labute approximate surface area is 98.6 Å². The van der Waals surface area contributed by atoms with Gasteiger partial charge in [-0.2, -0.15) is 5.10 Å². The molecule has 0 saturated heterocycles. The molecule has 1 saturated carbocycles. The molecule has 1 rings (SSSR count). The van der Waals surface area contributed by atoms with E-state index in [4.69, 9.17) is 16.3 Å². The molecule has 0 amide bonds. The predicted molar refractivity (Wildman–Crippen MR) is 65.3 cm³/mol. The van der Waals surface area contributed by atoms with Gasteiger partial charge in [-0.15, -0.1) is 0 Å². The smallest absolute Gasteiger partial charge is 0.185 e. The van der Waals surface area contributed by atoms with E-state index in [-0.39, 0.29) is 11.1 Å². The lowest BCUT2D eigenvalue weighted by Crippen LogP contribution is -2.11. The first-order valence-electron chi connectivity index (χ1n) is 4.87. The molecule has 1 aliphatic carbocycles. The predicted octanol–water partition coefficient (Wildman–Crippen LogP) is 1.70. The van der Waals surface area contributed by atoms with Gasteiger partial charge in [0.2, 0.25) is 0 Å². The third-order valence-corrected chi connectivity index (χ3v) is 2.97. The van der Waals surface area contributed by atoms with E-state index in [0.717, 1.165) is 11.8 Å². The molecule has 1 fully saturated rings. The minimum Gasteiger partial charge on any atom is -0.487 e. The summed E-state index contributed by atoms with van der Waals surface area (Å²) >= 11 is 1.03. The molecule has 0 radical (unpaired) electrons. The first-order chi connectivity index (χ1) is 7.51. The molecule has 4 N–H and O–H groups in total. The number of hydrazone groups is 1.